The molecule has 0 saturated carbocycles. The van der Waals surface area contributed by atoms with Crippen molar-refractivity contribution in [2.24, 2.45) is 5.73 Å². The Kier molecular flexibility index (Phi) is 4.22. The first-order valence-electron chi connectivity index (χ1n) is 5.33. The van der Waals surface area contributed by atoms with Crippen LogP contribution in [-0.4, -0.2) is 16.5 Å². The Balaban J connectivity index is 2.10. The van der Waals surface area contributed by atoms with Gasteiger partial charge in [0, 0.05) is 18.5 Å². The quantitative estimate of drug-likeness (QED) is 0.943. The SMILES string of the molecule is NCCc1cnc(Oc2ccc(Br)c(F)c2)nc1. The maximum atomic E-state index is 13.3. The maximum Gasteiger partial charge on any atom is 0.321 e. The van der Waals surface area contributed by atoms with Crippen LogP contribution in [-0.2, 0) is 6.42 Å². The summed E-state index contributed by atoms with van der Waals surface area (Å²) >= 11 is 3.07. The number of rotatable bonds is 4. The summed E-state index contributed by atoms with van der Waals surface area (Å²) in [6, 6.07) is 4.64. The lowest BCUT2D eigenvalue weighted by Crippen LogP contribution is -2.03. The largest absolute Gasteiger partial charge is 0.424 e. The van der Waals surface area contributed by atoms with Crippen LogP contribution in [0, 0.1) is 5.82 Å². The third-order valence-electron chi connectivity index (χ3n) is 2.21. The molecule has 18 heavy (non-hydrogen) atoms. The van der Waals surface area contributed by atoms with E-state index in [1.165, 1.54) is 6.07 Å². The van der Waals surface area contributed by atoms with Crippen molar-refractivity contribution in [3.05, 3.63) is 46.4 Å². The molecule has 0 spiro atoms. The van der Waals surface area contributed by atoms with Crippen LogP contribution in [0.1, 0.15) is 5.56 Å². The van der Waals surface area contributed by atoms with Gasteiger partial charge in [-0.15, -0.1) is 0 Å². The predicted molar refractivity (Wildman–Crippen MR) is 69.0 cm³/mol. The van der Waals surface area contributed by atoms with Gasteiger partial charge in [-0.3, -0.25) is 0 Å². The molecule has 0 unspecified atom stereocenters. The van der Waals surface area contributed by atoms with Crippen LogP contribution in [0.2, 0.25) is 0 Å². The zero-order chi connectivity index (χ0) is 13.0. The molecule has 2 N–H and O–H groups in total. The van der Waals surface area contributed by atoms with E-state index in [4.69, 9.17) is 10.5 Å². The number of hydrogen-bond donors (Lipinski definition) is 1. The molecule has 2 rings (SSSR count). The molecule has 0 amide bonds. The minimum absolute atomic E-state index is 0.178. The molecule has 1 aromatic carbocycles. The van der Waals surface area contributed by atoms with Gasteiger partial charge in [0.15, 0.2) is 0 Å². The van der Waals surface area contributed by atoms with Gasteiger partial charge >= 0.3 is 6.01 Å². The van der Waals surface area contributed by atoms with Crippen molar-refractivity contribution in [1.29, 1.82) is 0 Å². The molecule has 0 aliphatic heterocycles. The highest BCUT2D eigenvalue weighted by molar-refractivity contribution is 9.10. The lowest BCUT2D eigenvalue weighted by molar-refractivity contribution is 0.436. The highest BCUT2D eigenvalue weighted by Gasteiger charge is 2.04. The highest BCUT2D eigenvalue weighted by Crippen LogP contribution is 2.23. The second-order valence-electron chi connectivity index (χ2n) is 3.59. The van der Waals surface area contributed by atoms with Gasteiger partial charge in [-0.05, 0) is 46.6 Å². The van der Waals surface area contributed by atoms with Crippen LogP contribution < -0.4 is 10.5 Å². The van der Waals surface area contributed by atoms with E-state index < -0.39 is 5.82 Å². The van der Waals surface area contributed by atoms with Crippen LogP contribution in [0.25, 0.3) is 0 Å². The molecule has 4 nitrogen and oxygen atoms in total. The van der Waals surface area contributed by atoms with Crippen molar-refractivity contribution < 1.29 is 9.13 Å². The van der Waals surface area contributed by atoms with E-state index in [1.807, 2.05) is 0 Å². The molecule has 1 heterocycles. The Hall–Kier alpha value is -1.53. The van der Waals surface area contributed by atoms with Crippen LogP contribution in [0.3, 0.4) is 0 Å². The molecule has 1 aromatic heterocycles. The molecule has 0 radical (unpaired) electrons. The molecule has 0 atom stereocenters. The molecule has 0 saturated heterocycles. The van der Waals surface area contributed by atoms with E-state index in [-0.39, 0.29) is 6.01 Å². The molecular weight excluding hydrogens is 301 g/mol. The first kappa shape index (κ1) is 12.9. The Morgan fingerprint density at radius 3 is 2.61 bits per heavy atom. The summed E-state index contributed by atoms with van der Waals surface area (Å²) in [5.74, 6) is -0.0467. The van der Waals surface area contributed by atoms with E-state index in [9.17, 15) is 4.39 Å². The van der Waals surface area contributed by atoms with Crippen molar-refractivity contribution in [2.75, 3.05) is 6.54 Å². The number of hydrogen-bond acceptors (Lipinski definition) is 4. The monoisotopic (exact) mass is 311 g/mol. The van der Waals surface area contributed by atoms with Crippen LogP contribution >= 0.6 is 15.9 Å². The van der Waals surface area contributed by atoms with Crippen LogP contribution in [0.5, 0.6) is 11.8 Å². The smallest absolute Gasteiger partial charge is 0.321 e. The molecule has 0 fully saturated rings. The van der Waals surface area contributed by atoms with Gasteiger partial charge in [0.2, 0.25) is 0 Å². The Labute approximate surface area is 112 Å². The van der Waals surface area contributed by atoms with Gasteiger partial charge in [0.25, 0.3) is 0 Å². The molecular formula is C12H11BrFN3O. The standard InChI is InChI=1S/C12H11BrFN3O/c13-10-2-1-9(5-11(10)14)18-12-16-6-8(3-4-15)7-17-12/h1-2,5-7H,3-4,15H2. The summed E-state index contributed by atoms with van der Waals surface area (Å²) in [5, 5.41) is 0. The molecule has 0 bridgehead atoms. The summed E-state index contributed by atoms with van der Waals surface area (Å²) in [6.45, 7) is 0.543. The summed E-state index contributed by atoms with van der Waals surface area (Å²) in [4.78, 5) is 8.04. The van der Waals surface area contributed by atoms with Crippen molar-refractivity contribution in [2.45, 2.75) is 6.42 Å². The van der Waals surface area contributed by atoms with Gasteiger partial charge in [-0.2, -0.15) is 0 Å². The van der Waals surface area contributed by atoms with Gasteiger partial charge in [-0.1, -0.05) is 0 Å². The number of benzene rings is 1. The van der Waals surface area contributed by atoms with Gasteiger partial charge < -0.3 is 10.5 Å². The number of aromatic nitrogens is 2. The lowest BCUT2D eigenvalue weighted by Gasteiger charge is -2.05. The van der Waals surface area contributed by atoms with Crippen LogP contribution in [0.15, 0.2) is 35.1 Å². The van der Waals surface area contributed by atoms with Gasteiger partial charge in [-0.25, -0.2) is 14.4 Å². The first-order chi connectivity index (χ1) is 8.69. The normalized spacial score (nSPS) is 10.4. The van der Waals surface area contributed by atoms with E-state index in [0.29, 0.717) is 23.2 Å². The predicted octanol–water partition coefficient (Wildman–Crippen LogP) is 2.67. The number of nitrogens with two attached hydrogens (primary N) is 1. The summed E-state index contributed by atoms with van der Waals surface area (Å²) in [5.41, 5.74) is 6.36. The van der Waals surface area contributed by atoms with E-state index in [1.54, 1.807) is 24.5 Å². The second kappa shape index (κ2) is 5.88. The fourth-order valence-corrected chi connectivity index (χ4v) is 1.58. The average Bonchev–Trinajstić information content (AvgIpc) is 2.37. The lowest BCUT2D eigenvalue weighted by atomic mass is 10.2. The Morgan fingerprint density at radius 1 is 1.28 bits per heavy atom. The first-order valence-corrected chi connectivity index (χ1v) is 6.12. The van der Waals surface area contributed by atoms with E-state index in [0.717, 1.165) is 5.56 Å². The zero-order valence-corrected chi connectivity index (χ0v) is 11.0. The molecule has 0 aliphatic carbocycles. The summed E-state index contributed by atoms with van der Waals surface area (Å²) < 4.78 is 19.0. The fraction of sp³-hybridized carbons (Fsp3) is 0.167. The Morgan fingerprint density at radius 2 is 2.00 bits per heavy atom. The minimum Gasteiger partial charge on any atom is -0.424 e. The molecule has 6 heteroatoms. The fourth-order valence-electron chi connectivity index (χ4n) is 1.34. The van der Waals surface area contributed by atoms with Crippen molar-refractivity contribution in [3.63, 3.8) is 0 Å². The highest BCUT2D eigenvalue weighted by atomic mass is 79.9. The zero-order valence-electron chi connectivity index (χ0n) is 9.44. The van der Waals surface area contributed by atoms with Crippen LogP contribution in [0.4, 0.5) is 4.39 Å². The molecule has 94 valence electrons. The summed E-state index contributed by atoms with van der Waals surface area (Å²) in [7, 11) is 0. The maximum absolute atomic E-state index is 13.3. The molecule has 0 aliphatic rings. The van der Waals surface area contributed by atoms with E-state index in [2.05, 4.69) is 25.9 Å². The molecule has 2 aromatic rings. The topological polar surface area (TPSA) is 61.0 Å². The summed E-state index contributed by atoms with van der Waals surface area (Å²) in [6.07, 6.45) is 4.00. The number of nitrogens with zero attached hydrogens (tertiary/aromatic N) is 2. The number of halogens is 2. The van der Waals surface area contributed by atoms with Gasteiger partial charge in [0.1, 0.15) is 11.6 Å². The van der Waals surface area contributed by atoms with Gasteiger partial charge in [0.05, 0.1) is 4.47 Å². The van der Waals surface area contributed by atoms with Crippen molar-refractivity contribution >= 4 is 15.9 Å². The van der Waals surface area contributed by atoms with Crippen molar-refractivity contribution in [3.8, 4) is 11.8 Å². The third kappa shape index (κ3) is 3.24. The third-order valence-corrected chi connectivity index (χ3v) is 2.86. The Bertz CT molecular complexity index is 533. The van der Waals surface area contributed by atoms with Crippen molar-refractivity contribution in [1.82, 2.24) is 9.97 Å². The van der Waals surface area contributed by atoms with E-state index >= 15 is 0 Å². The number of ether oxygens (including phenoxy) is 1. The average molecular weight is 312 g/mol. The second-order valence-corrected chi connectivity index (χ2v) is 4.44. The minimum atomic E-state index is -0.396.